The van der Waals surface area contributed by atoms with Crippen molar-refractivity contribution in [1.29, 1.82) is 0 Å². The summed E-state index contributed by atoms with van der Waals surface area (Å²) < 4.78 is 3.24. The minimum absolute atomic E-state index is 1.01. The molecule has 0 unspecified atom stereocenters. The monoisotopic (exact) mass is 320 g/mol. The highest BCUT2D eigenvalue weighted by Crippen LogP contribution is 2.03. The van der Waals surface area contributed by atoms with Crippen molar-refractivity contribution in [2.45, 2.75) is 6.54 Å². The number of piperazine rings is 1. The van der Waals surface area contributed by atoms with Crippen molar-refractivity contribution in [3.8, 4) is 0 Å². The molecular weight excluding hydrogens is 303 g/mol. The van der Waals surface area contributed by atoms with Crippen molar-refractivity contribution in [3.63, 3.8) is 0 Å². The van der Waals surface area contributed by atoms with Gasteiger partial charge in [0.2, 0.25) is 0 Å². The van der Waals surface area contributed by atoms with Crippen LogP contribution in [0.3, 0.4) is 0 Å². The van der Waals surface area contributed by atoms with E-state index in [1.165, 1.54) is 29.7 Å². The summed E-state index contributed by atoms with van der Waals surface area (Å²) in [6.45, 7) is 6.88. The van der Waals surface area contributed by atoms with Gasteiger partial charge in [-0.3, -0.25) is 9.58 Å². The van der Waals surface area contributed by atoms with Crippen molar-refractivity contribution in [3.05, 3.63) is 16.0 Å². The van der Waals surface area contributed by atoms with Gasteiger partial charge in [0.15, 0.2) is 0 Å². The zero-order valence-electron chi connectivity index (χ0n) is 9.06. The number of hydrogen-bond donors (Lipinski definition) is 0. The van der Waals surface area contributed by atoms with E-state index in [-0.39, 0.29) is 0 Å². The molecule has 1 aliphatic heterocycles. The Morgan fingerprint density at radius 1 is 1.27 bits per heavy atom. The molecule has 0 bridgehead atoms. The molecule has 2 rings (SSSR count). The maximum absolute atomic E-state index is 4.29. The summed E-state index contributed by atoms with van der Waals surface area (Å²) in [5.41, 5.74) is 0. The maximum Gasteiger partial charge on any atom is 0.0623 e. The normalized spacial score (nSPS) is 19.6. The summed E-state index contributed by atoms with van der Waals surface area (Å²) in [5.74, 6) is 0. The Labute approximate surface area is 104 Å². The number of likely N-dealkylation sites (N-methyl/N-ethyl adjacent to an activating group) is 1. The SMILES string of the molecule is CN1CCN(CCn2cc(I)cn2)CC1. The molecule has 0 atom stereocenters. The van der Waals surface area contributed by atoms with Crippen LogP contribution >= 0.6 is 22.6 Å². The fourth-order valence-corrected chi connectivity index (χ4v) is 2.22. The molecule has 4 nitrogen and oxygen atoms in total. The molecule has 0 amide bonds. The summed E-state index contributed by atoms with van der Waals surface area (Å²) in [4.78, 5) is 4.89. The van der Waals surface area contributed by atoms with Crippen LogP contribution in [0, 0.1) is 3.57 Å². The van der Waals surface area contributed by atoms with Gasteiger partial charge in [0.25, 0.3) is 0 Å². The van der Waals surface area contributed by atoms with Crippen molar-refractivity contribution in [2.24, 2.45) is 0 Å². The van der Waals surface area contributed by atoms with Crippen LogP contribution in [-0.4, -0.2) is 59.4 Å². The summed E-state index contributed by atoms with van der Waals surface area (Å²) >= 11 is 2.29. The molecule has 1 aliphatic rings. The van der Waals surface area contributed by atoms with E-state index in [1.54, 1.807) is 0 Å². The van der Waals surface area contributed by atoms with E-state index in [0.717, 1.165) is 13.1 Å². The zero-order chi connectivity index (χ0) is 10.7. The van der Waals surface area contributed by atoms with Gasteiger partial charge in [0.05, 0.1) is 16.3 Å². The highest BCUT2D eigenvalue weighted by molar-refractivity contribution is 14.1. The van der Waals surface area contributed by atoms with Crippen LogP contribution < -0.4 is 0 Å². The maximum atomic E-state index is 4.29. The fraction of sp³-hybridized carbons (Fsp3) is 0.700. The van der Waals surface area contributed by atoms with Crippen LogP contribution in [0.5, 0.6) is 0 Å². The molecular formula is C10H17IN4. The lowest BCUT2D eigenvalue weighted by Gasteiger charge is -2.32. The molecule has 1 aromatic heterocycles. The third-order valence-electron chi connectivity index (χ3n) is 2.84. The van der Waals surface area contributed by atoms with E-state index in [0.29, 0.717) is 0 Å². The van der Waals surface area contributed by atoms with Crippen LogP contribution in [0.25, 0.3) is 0 Å². The predicted molar refractivity (Wildman–Crippen MR) is 68.9 cm³/mol. The Morgan fingerprint density at radius 3 is 2.60 bits per heavy atom. The molecule has 0 aromatic carbocycles. The van der Waals surface area contributed by atoms with Crippen LogP contribution in [0.4, 0.5) is 0 Å². The molecule has 1 aromatic rings. The van der Waals surface area contributed by atoms with Crippen LogP contribution in [0.15, 0.2) is 12.4 Å². The van der Waals surface area contributed by atoms with E-state index < -0.39 is 0 Å². The van der Waals surface area contributed by atoms with Gasteiger partial charge in [-0.1, -0.05) is 0 Å². The van der Waals surface area contributed by atoms with E-state index in [9.17, 15) is 0 Å². The van der Waals surface area contributed by atoms with Gasteiger partial charge in [0, 0.05) is 38.9 Å². The fourth-order valence-electron chi connectivity index (χ4n) is 1.78. The molecule has 1 fully saturated rings. The average Bonchev–Trinajstić information content (AvgIpc) is 2.64. The first-order valence-electron chi connectivity index (χ1n) is 5.33. The number of rotatable bonds is 3. The quantitative estimate of drug-likeness (QED) is 0.768. The van der Waals surface area contributed by atoms with Crippen LogP contribution in [0.2, 0.25) is 0 Å². The Balaban J connectivity index is 1.74. The molecule has 0 spiro atoms. The van der Waals surface area contributed by atoms with E-state index in [1.807, 2.05) is 10.9 Å². The second-order valence-electron chi connectivity index (χ2n) is 4.07. The first kappa shape index (κ1) is 11.3. The van der Waals surface area contributed by atoms with E-state index >= 15 is 0 Å². The Bertz CT molecular complexity index is 304. The molecule has 5 heteroatoms. The third kappa shape index (κ3) is 3.42. The Kier molecular flexibility index (Phi) is 3.99. The smallest absolute Gasteiger partial charge is 0.0623 e. The Hall–Kier alpha value is -0.140. The number of hydrogen-bond acceptors (Lipinski definition) is 3. The largest absolute Gasteiger partial charge is 0.304 e. The van der Waals surface area contributed by atoms with Crippen molar-refractivity contribution in [2.75, 3.05) is 39.8 Å². The van der Waals surface area contributed by atoms with Gasteiger partial charge >= 0.3 is 0 Å². The lowest BCUT2D eigenvalue weighted by atomic mass is 10.3. The molecule has 0 radical (unpaired) electrons. The van der Waals surface area contributed by atoms with Crippen LogP contribution in [0.1, 0.15) is 0 Å². The number of halogens is 1. The van der Waals surface area contributed by atoms with Crippen molar-refractivity contribution in [1.82, 2.24) is 19.6 Å². The molecule has 84 valence electrons. The molecule has 15 heavy (non-hydrogen) atoms. The summed E-state index contributed by atoms with van der Waals surface area (Å²) in [6.07, 6.45) is 4.00. The van der Waals surface area contributed by atoms with E-state index in [2.05, 4.69) is 50.7 Å². The zero-order valence-corrected chi connectivity index (χ0v) is 11.2. The topological polar surface area (TPSA) is 24.3 Å². The summed E-state index contributed by atoms with van der Waals surface area (Å²) in [6, 6.07) is 0. The third-order valence-corrected chi connectivity index (χ3v) is 3.40. The van der Waals surface area contributed by atoms with Gasteiger partial charge in [-0.2, -0.15) is 5.10 Å². The first-order chi connectivity index (χ1) is 7.24. The second-order valence-corrected chi connectivity index (χ2v) is 5.31. The highest BCUT2D eigenvalue weighted by atomic mass is 127. The van der Waals surface area contributed by atoms with E-state index in [4.69, 9.17) is 0 Å². The predicted octanol–water partition coefficient (Wildman–Crippen LogP) is 0.735. The number of nitrogens with zero attached hydrogens (tertiary/aromatic N) is 4. The Morgan fingerprint density at radius 2 is 2.00 bits per heavy atom. The lowest BCUT2D eigenvalue weighted by Crippen LogP contribution is -2.45. The number of aromatic nitrogens is 2. The first-order valence-corrected chi connectivity index (χ1v) is 6.41. The molecule has 0 saturated carbocycles. The van der Waals surface area contributed by atoms with Gasteiger partial charge in [0.1, 0.15) is 0 Å². The van der Waals surface area contributed by atoms with Crippen molar-refractivity contribution >= 4 is 22.6 Å². The van der Waals surface area contributed by atoms with Crippen molar-refractivity contribution < 1.29 is 0 Å². The standard InChI is InChI=1S/C10H17IN4/c1-13-2-4-14(5-3-13)6-7-15-9-10(11)8-12-15/h8-9H,2-7H2,1H3. The molecule has 0 aliphatic carbocycles. The van der Waals surface area contributed by atoms with Gasteiger partial charge in [-0.25, -0.2) is 0 Å². The molecule has 2 heterocycles. The average molecular weight is 320 g/mol. The lowest BCUT2D eigenvalue weighted by molar-refractivity contribution is 0.149. The summed E-state index contributed by atoms with van der Waals surface area (Å²) in [7, 11) is 2.19. The van der Waals surface area contributed by atoms with Gasteiger partial charge < -0.3 is 4.90 Å². The summed E-state index contributed by atoms with van der Waals surface area (Å²) in [5, 5.41) is 4.29. The molecule has 0 N–H and O–H groups in total. The highest BCUT2D eigenvalue weighted by Gasteiger charge is 2.13. The minimum atomic E-state index is 1.01. The second kappa shape index (κ2) is 5.27. The van der Waals surface area contributed by atoms with Crippen LogP contribution in [-0.2, 0) is 6.54 Å². The van der Waals surface area contributed by atoms with Gasteiger partial charge in [-0.15, -0.1) is 0 Å². The molecule has 1 saturated heterocycles. The van der Waals surface area contributed by atoms with Gasteiger partial charge in [-0.05, 0) is 29.6 Å². The minimum Gasteiger partial charge on any atom is -0.304 e.